The summed E-state index contributed by atoms with van der Waals surface area (Å²) < 4.78 is 1.62. The van der Waals surface area contributed by atoms with Gasteiger partial charge in [-0.25, -0.2) is 9.48 Å². The summed E-state index contributed by atoms with van der Waals surface area (Å²) in [6, 6.07) is 18.1. The molecule has 8 nitrogen and oxygen atoms in total. The second kappa shape index (κ2) is 8.95. The van der Waals surface area contributed by atoms with Gasteiger partial charge >= 0.3 is 6.03 Å². The maximum absolute atomic E-state index is 12.3. The molecule has 0 bridgehead atoms. The average Bonchev–Trinajstić information content (AvgIpc) is 3.10. The highest BCUT2D eigenvalue weighted by Gasteiger charge is 2.20. The van der Waals surface area contributed by atoms with Crippen molar-refractivity contribution < 1.29 is 9.59 Å². The number of para-hydroxylation sites is 1. The summed E-state index contributed by atoms with van der Waals surface area (Å²) in [5.74, 6) is -0.428. The number of aromatic nitrogens is 4. The lowest BCUT2D eigenvalue weighted by Crippen LogP contribution is -2.39. The van der Waals surface area contributed by atoms with Gasteiger partial charge in [0.15, 0.2) is 0 Å². The van der Waals surface area contributed by atoms with Crippen LogP contribution in [-0.2, 0) is 11.3 Å². The molecule has 0 fully saturated rings. The maximum atomic E-state index is 12.3. The van der Waals surface area contributed by atoms with Crippen LogP contribution in [0.5, 0.6) is 0 Å². The summed E-state index contributed by atoms with van der Waals surface area (Å²) in [6.45, 7) is 2.19. The first-order valence-electron chi connectivity index (χ1n) is 8.25. The maximum Gasteiger partial charge on any atom is 0.325 e. The highest BCUT2D eigenvalue weighted by atomic mass is 32.2. The number of benzene rings is 2. The minimum Gasteiger partial charge on any atom is -0.308 e. The fourth-order valence-corrected chi connectivity index (χ4v) is 3.03. The molecule has 0 aliphatic heterocycles. The van der Waals surface area contributed by atoms with E-state index in [0.29, 0.717) is 17.4 Å². The van der Waals surface area contributed by atoms with Crippen molar-refractivity contribution in [3.63, 3.8) is 0 Å². The molecule has 1 aromatic heterocycles. The molecule has 0 saturated carbocycles. The molecule has 1 atom stereocenters. The minimum atomic E-state index is -0.581. The molecule has 0 spiro atoms. The Morgan fingerprint density at radius 2 is 1.74 bits per heavy atom. The van der Waals surface area contributed by atoms with Crippen LogP contribution in [0, 0.1) is 0 Å². The molecule has 0 radical (unpaired) electrons. The summed E-state index contributed by atoms with van der Waals surface area (Å²) in [7, 11) is 0. The molecular formula is C18H18N6O2S. The van der Waals surface area contributed by atoms with Crippen LogP contribution in [0.25, 0.3) is 0 Å². The number of hydrogen-bond donors (Lipinski definition) is 2. The Morgan fingerprint density at radius 3 is 2.44 bits per heavy atom. The summed E-state index contributed by atoms with van der Waals surface area (Å²) in [5, 5.41) is 16.5. The van der Waals surface area contributed by atoms with E-state index in [-0.39, 0.29) is 0 Å². The number of thioether (sulfide) groups is 1. The van der Waals surface area contributed by atoms with Gasteiger partial charge in [-0.3, -0.25) is 10.1 Å². The number of hydrogen-bond acceptors (Lipinski definition) is 6. The molecule has 0 saturated heterocycles. The monoisotopic (exact) mass is 382 g/mol. The molecule has 3 aromatic rings. The molecular weight excluding hydrogens is 364 g/mol. The van der Waals surface area contributed by atoms with Gasteiger partial charge in [0, 0.05) is 5.69 Å². The highest BCUT2D eigenvalue weighted by Crippen LogP contribution is 2.21. The Hall–Kier alpha value is -3.20. The van der Waals surface area contributed by atoms with Crippen LogP contribution in [0.4, 0.5) is 10.5 Å². The number of rotatable bonds is 6. The molecule has 3 amide bonds. The quantitative estimate of drug-likeness (QED) is 0.635. The summed E-state index contributed by atoms with van der Waals surface area (Å²) >= 11 is 1.19. The van der Waals surface area contributed by atoms with Gasteiger partial charge in [0.2, 0.25) is 11.1 Å². The van der Waals surface area contributed by atoms with Gasteiger partial charge in [-0.05, 0) is 35.0 Å². The SMILES string of the molecule is CC(Sc1nnnn1Cc1ccccc1)C(=O)NC(=O)Nc1ccccc1. The average molecular weight is 382 g/mol. The number of imide groups is 1. The number of carbonyl (C=O) groups excluding carboxylic acids is 2. The molecule has 2 aromatic carbocycles. The van der Waals surface area contributed by atoms with E-state index in [0.717, 1.165) is 5.56 Å². The van der Waals surface area contributed by atoms with E-state index in [1.807, 2.05) is 36.4 Å². The number of anilines is 1. The van der Waals surface area contributed by atoms with Crippen LogP contribution in [-0.4, -0.2) is 37.4 Å². The molecule has 27 heavy (non-hydrogen) atoms. The molecule has 138 valence electrons. The van der Waals surface area contributed by atoms with Crippen molar-refractivity contribution in [2.75, 3.05) is 5.32 Å². The fraction of sp³-hybridized carbons (Fsp3) is 0.167. The van der Waals surface area contributed by atoms with E-state index in [1.54, 1.807) is 35.9 Å². The zero-order valence-corrected chi connectivity index (χ0v) is 15.4. The van der Waals surface area contributed by atoms with Crippen molar-refractivity contribution in [2.24, 2.45) is 0 Å². The number of urea groups is 1. The second-order valence-corrected chi connectivity index (χ2v) is 6.98. The number of carbonyl (C=O) groups is 2. The van der Waals surface area contributed by atoms with Crippen LogP contribution in [0.15, 0.2) is 65.8 Å². The van der Waals surface area contributed by atoms with Gasteiger partial charge in [-0.2, -0.15) is 0 Å². The molecule has 9 heteroatoms. The Kier molecular flexibility index (Phi) is 6.16. The van der Waals surface area contributed by atoms with Crippen molar-refractivity contribution in [1.82, 2.24) is 25.5 Å². The van der Waals surface area contributed by atoms with E-state index in [4.69, 9.17) is 0 Å². The number of nitrogens with zero attached hydrogens (tertiary/aromatic N) is 4. The Bertz CT molecular complexity index is 900. The topological polar surface area (TPSA) is 102 Å². The van der Waals surface area contributed by atoms with Crippen molar-refractivity contribution in [1.29, 1.82) is 0 Å². The fourth-order valence-electron chi connectivity index (χ4n) is 2.25. The minimum absolute atomic E-state index is 0.428. The van der Waals surface area contributed by atoms with Crippen LogP contribution in [0.1, 0.15) is 12.5 Å². The third kappa shape index (κ3) is 5.38. The van der Waals surface area contributed by atoms with Crippen LogP contribution < -0.4 is 10.6 Å². The number of nitrogens with one attached hydrogen (secondary N) is 2. The zero-order chi connectivity index (χ0) is 19.1. The summed E-state index contributed by atoms with van der Waals surface area (Å²) in [6.07, 6.45) is 0. The third-order valence-electron chi connectivity index (χ3n) is 3.59. The summed E-state index contributed by atoms with van der Waals surface area (Å²) in [5.41, 5.74) is 1.65. The van der Waals surface area contributed by atoms with Gasteiger partial charge in [-0.15, -0.1) is 5.10 Å². The smallest absolute Gasteiger partial charge is 0.308 e. The predicted molar refractivity (Wildman–Crippen MR) is 102 cm³/mol. The van der Waals surface area contributed by atoms with Gasteiger partial charge in [0.1, 0.15) is 0 Å². The van der Waals surface area contributed by atoms with Crippen LogP contribution >= 0.6 is 11.8 Å². The van der Waals surface area contributed by atoms with E-state index in [9.17, 15) is 9.59 Å². The first-order chi connectivity index (χ1) is 13.1. The molecule has 1 unspecified atom stereocenters. The normalized spacial score (nSPS) is 11.6. The third-order valence-corrected chi connectivity index (χ3v) is 4.66. The largest absolute Gasteiger partial charge is 0.325 e. The molecule has 0 aliphatic carbocycles. The predicted octanol–water partition coefficient (Wildman–Crippen LogP) is 2.55. The lowest BCUT2D eigenvalue weighted by atomic mass is 10.2. The van der Waals surface area contributed by atoms with E-state index in [2.05, 4.69) is 26.2 Å². The molecule has 1 heterocycles. The summed E-state index contributed by atoms with van der Waals surface area (Å²) in [4.78, 5) is 24.2. The lowest BCUT2D eigenvalue weighted by molar-refractivity contribution is -0.119. The zero-order valence-electron chi connectivity index (χ0n) is 14.6. The Balaban J connectivity index is 1.55. The standard InChI is InChI=1S/C18H18N6O2S/c1-13(16(25)20-17(26)19-15-10-6-3-7-11-15)27-18-21-22-23-24(18)12-14-8-4-2-5-9-14/h2-11,13H,12H2,1H3,(H2,19,20,25,26). The number of tetrazole rings is 1. The molecule has 2 N–H and O–H groups in total. The van der Waals surface area contributed by atoms with Gasteiger partial charge in [0.05, 0.1) is 11.8 Å². The van der Waals surface area contributed by atoms with Crippen LogP contribution in [0.2, 0.25) is 0 Å². The lowest BCUT2D eigenvalue weighted by Gasteiger charge is -2.11. The van der Waals surface area contributed by atoms with Gasteiger partial charge < -0.3 is 5.32 Å². The van der Waals surface area contributed by atoms with Crippen molar-refractivity contribution in [3.8, 4) is 0 Å². The van der Waals surface area contributed by atoms with Gasteiger partial charge in [0.25, 0.3) is 0 Å². The Labute approximate surface area is 160 Å². The highest BCUT2D eigenvalue weighted by molar-refractivity contribution is 8.00. The van der Waals surface area contributed by atoms with Crippen LogP contribution in [0.3, 0.4) is 0 Å². The first kappa shape index (κ1) is 18.6. The van der Waals surface area contributed by atoms with Crippen molar-refractivity contribution >= 4 is 29.4 Å². The van der Waals surface area contributed by atoms with Crippen molar-refractivity contribution in [2.45, 2.75) is 23.9 Å². The van der Waals surface area contributed by atoms with Gasteiger partial charge in [-0.1, -0.05) is 60.3 Å². The second-order valence-electron chi connectivity index (χ2n) is 5.67. The van der Waals surface area contributed by atoms with Crippen molar-refractivity contribution in [3.05, 3.63) is 66.2 Å². The first-order valence-corrected chi connectivity index (χ1v) is 9.13. The van der Waals surface area contributed by atoms with E-state index in [1.165, 1.54) is 11.8 Å². The Morgan fingerprint density at radius 1 is 1.07 bits per heavy atom. The molecule has 3 rings (SSSR count). The van der Waals surface area contributed by atoms with E-state index >= 15 is 0 Å². The number of amides is 3. The molecule has 0 aliphatic rings. The van der Waals surface area contributed by atoms with E-state index < -0.39 is 17.2 Å².